The third kappa shape index (κ3) is 2.13. The molecular formula is C12H15N5O5. The van der Waals surface area contributed by atoms with Crippen LogP contribution in [0, 0.1) is 6.92 Å². The molecule has 5 N–H and O–H groups in total. The molecule has 10 heteroatoms. The van der Waals surface area contributed by atoms with Gasteiger partial charge in [-0.3, -0.25) is 9.36 Å². The van der Waals surface area contributed by atoms with Gasteiger partial charge in [0.15, 0.2) is 17.6 Å². The molecule has 22 heavy (non-hydrogen) atoms. The summed E-state index contributed by atoms with van der Waals surface area (Å²) in [4.78, 5) is 23.6. The van der Waals surface area contributed by atoms with Crippen molar-refractivity contribution in [3.05, 3.63) is 17.8 Å². The number of fused-ring (bicyclic) bond motifs is 1. The molecule has 1 aliphatic rings. The van der Waals surface area contributed by atoms with Gasteiger partial charge in [0.1, 0.15) is 29.7 Å². The molecular weight excluding hydrogens is 294 g/mol. The average molecular weight is 309 g/mol. The van der Waals surface area contributed by atoms with Gasteiger partial charge in [0.05, 0.1) is 12.9 Å². The summed E-state index contributed by atoms with van der Waals surface area (Å²) in [6.07, 6.45) is -3.12. The minimum absolute atomic E-state index is 0.0343. The van der Waals surface area contributed by atoms with E-state index in [2.05, 4.69) is 15.0 Å². The lowest BCUT2D eigenvalue weighted by molar-refractivity contribution is -0.0511. The topological polar surface area (TPSA) is 157 Å². The minimum atomic E-state index is -1.28. The number of aliphatic hydroxyl groups excluding tert-OH is 3. The van der Waals surface area contributed by atoms with Gasteiger partial charge in [-0.05, 0) is 6.92 Å². The zero-order valence-corrected chi connectivity index (χ0v) is 11.6. The maximum absolute atomic E-state index is 11.4. The van der Waals surface area contributed by atoms with E-state index >= 15 is 0 Å². The lowest BCUT2D eigenvalue weighted by atomic mass is 10.1. The Morgan fingerprint density at radius 3 is 2.73 bits per heavy atom. The standard InChI is InChI=1S/C12H15N5O5/c1-4-15-6(10(13)21)7-11(16-4)17(3-14-7)12-9(20)8(19)5(2-18)22-12/h3,5,8-9,12,18-20H,2H2,1H3,(H2,13,21)/t5-,8-,9-,12?/m1/s1. The maximum atomic E-state index is 11.4. The average Bonchev–Trinajstić information content (AvgIpc) is 3.00. The van der Waals surface area contributed by atoms with Gasteiger partial charge < -0.3 is 25.8 Å². The molecule has 1 amide bonds. The number of imidazole rings is 1. The number of primary amides is 1. The maximum Gasteiger partial charge on any atom is 0.269 e. The smallest absolute Gasteiger partial charge is 0.269 e. The van der Waals surface area contributed by atoms with Crippen molar-refractivity contribution in [2.45, 2.75) is 31.5 Å². The highest BCUT2D eigenvalue weighted by molar-refractivity contribution is 6.01. The van der Waals surface area contributed by atoms with E-state index in [1.165, 1.54) is 10.9 Å². The second kappa shape index (κ2) is 5.25. The van der Waals surface area contributed by atoms with Crippen LogP contribution in [0.15, 0.2) is 6.33 Å². The molecule has 2 aromatic heterocycles. The fourth-order valence-electron chi connectivity index (χ4n) is 2.49. The van der Waals surface area contributed by atoms with Crippen LogP contribution in [-0.4, -0.2) is 65.7 Å². The summed E-state index contributed by atoms with van der Waals surface area (Å²) in [6.45, 7) is 1.14. The van der Waals surface area contributed by atoms with Gasteiger partial charge in [0.25, 0.3) is 5.91 Å². The molecule has 3 rings (SSSR count). The second-order valence-electron chi connectivity index (χ2n) is 5.04. The third-order valence-electron chi connectivity index (χ3n) is 3.56. The Labute approximate surface area is 124 Å². The van der Waals surface area contributed by atoms with Gasteiger partial charge in [0.2, 0.25) is 0 Å². The number of aryl methyl sites for hydroxylation is 1. The van der Waals surface area contributed by atoms with Gasteiger partial charge in [0, 0.05) is 0 Å². The third-order valence-corrected chi connectivity index (χ3v) is 3.56. The van der Waals surface area contributed by atoms with Gasteiger partial charge in [-0.1, -0.05) is 0 Å². The van der Waals surface area contributed by atoms with Gasteiger partial charge in [-0.15, -0.1) is 0 Å². The van der Waals surface area contributed by atoms with Crippen molar-refractivity contribution >= 4 is 17.1 Å². The molecule has 1 saturated heterocycles. The van der Waals surface area contributed by atoms with Crippen LogP contribution < -0.4 is 5.73 Å². The number of hydrogen-bond donors (Lipinski definition) is 4. The first-order valence-electron chi connectivity index (χ1n) is 6.57. The number of nitrogens with two attached hydrogens (primary N) is 1. The Bertz CT molecular complexity index is 732. The Hall–Kier alpha value is -2.14. The number of aliphatic hydroxyl groups is 3. The first kappa shape index (κ1) is 14.8. The van der Waals surface area contributed by atoms with Crippen molar-refractivity contribution in [2.24, 2.45) is 5.73 Å². The molecule has 2 aromatic rings. The zero-order valence-electron chi connectivity index (χ0n) is 11.6. The Morgan fingerprint density at radius 2 is 2.14 bits per heavy atom. The van der Waals surface area contributed by atoms with Crippen LogP contribution in [0.1, 0.15) is 22.5 Å². The lowest BCUT2D eigenvalue weighted by Crippen LogP contribution is -2.33. The fraction of sp³-hybridized carbons (Fsp3) is 0.500. The summed E-state index contributed by atoms with van der Waals surface area (Å²) in [5, 5.41) is 29.0. The van der Waals surface area contributed by atoms with Crippen molar-refractivity contribution in [1.29, 1.82) is 0 Å². The predicted molar refractivity (Wildman–Crippen MR) is 71.6 cm³/mol. The Morgan fingerprint density at radius 1 is 1.41 bits per heavy atom. The highest BCUT2D eigenvalue weighted by Crippen LogP contribution is 2.31. The Balaban J connectivity index is 2.11. The minimum Gasteiger partial charge on any atom is -0.394 e. The highest BCUT2D eigenvalue weighted by atomic mass is 16.6. The van der Waals surface area contributed by atoms with Gasteiger partial charge >= 0.3 is 0 Å². The SMILES string of the molecule is Cc1nc(C(N)=O)c2ncn(C3O[C@H](CO)[C@@H](O)[C@H]3O)c2n1. The molecule has 118 valence electrons. The summed E-state index contributed by atoms with van der Waals surface area (Å²) in [5.74, 6) is -0.447. The highest BCUT2D eigenvalue weighted by Gasteiger charge is 2.44. The number of carbonyl (C=O) groups is 1. The van der Waals surface area contributed by atoms with Crippen LogP contribution in [0.5, 0.6) is 0 Å². The molecule has 0 spiro atoms. The molecule has 0 aromatic carbocycles. The van der Waals surface area contributed by atoms with Gasteiger partial charge in [-0.2, -0.15) is 0 Å². The fourth-order valence-corrected chi connectivity index (χ4v) is 2.49. The molecule has 3 heterocycles. The molecule has 4 atom stereocenters. The molecule has 0 saturated carbocycles. The van der Waals surface area contributed by atoms with E-state index in [0.29, 0.717) is 5.82 Å². The van der Waals surface area contributed by atoms with Crippen LogP contribution >= 0.6 is 0 Å². The molecule has 1 aliphatic heterocycles. The van der Waals surface area contributed by atoms with Crippen molar-refractivity contribution in [1.82, 2.24) is 19.5 Å². The summed E-state index contributed by atoms with van der Waals surface area (Å²) in [6, 6.07) is 0. The number of nitrogens with zero attached hydrogens (tertiary/aromatic N) is 4. The summed E-state index contributed by atoms with van der Waals surface area (Å²) in [5.41, 5.74) is 5.66. The molecule has 1 unspecified atom stereocenters. The van der Waals surface area contributed by atoms with Gasteiger partial charge in [-0.25, -0.2) is 15.0 Å². The van der Waals surface area contributed by atoms with Crippen molar-refractivity contribution in [2.75, 3.05) is 6.61 Å². The first-order chi connectivity index (χ1) is 10.4. The molecule has 1 fully saturated rings. The van der Waals surface area contributed by atoms with Crippen LogP contribution in [0.3, 0.4) is 0 Å². The van der Waals surface area contributed by atoms with E-state index in [1.807, 2.05) is 0 Å². The summed E-state index contributed by atoms with van der Waals surface area (Å²) in [7, 11) is 0. The molecule has 0 aliphatic carbocycles. The second-order valence-corrected chi connectivity index (χ2v) is 5.04. The lowest BCUT2D eigenvalue weighted by Gasteiger charge is -2.16. The van der Waals surface area contributed by atoms with Crippen LogP contribution in [-0.2, 0) is 4.74 Å². The van der Waals surface area contributed by atoms with E-state index in [-0.39, 0.29) is 16.9 Å². The predicted octanol–water partition coefficient (Wildman–Crippen LogP) is -2.15. The quantitative estimate of drug-likeness (QED) is 0.499. The molecule has 10 nitrogen and oxygen atoms in total. The number of amides is 1. The van der Waals surface area contributed by atoms with E-state index in [9.17, 15) is 15.0 Å². The molecule has 0 bridgehead atoms. The van der Waals surface area contributed by atoms with E-state index in [4.69, 9.17) is 15.6 Å². The van der Waals surface area contributed by atoms with Crippen LogP contribution in [0.2, 0.25) is 0 Å². The van der Waals surface area contributed by atoms with E-state index in [1.54, 1.807) is 6.92 Å². The first-order valence-corrected chi connectivity index (χ1v) is 6.57. The number of ether oxygens (including phenoxy) is 1. The van der Waals surface area contributed by atoms with E-state index in [0.717, 1.165) is 0 Å². The number of hydrogen-bond acceptors (Lipinski definition) is 8. The number of rotatable bonds is 3. The largest absolute Gasteiger partial charge is 0.394 e. The zero-order chi connectivity index (χ0) is 16.0. The Kier molecular flexibility index (Phi) is 3.53. The van der Waals surface area contributed by atoms with Crippen LogP contribution in [0.25, 0.3) is 11.2 Å². The van der Waals surface area contributed by atoms with Crippen LogP contribution in [0.4, 0.5) is 0 Å². The monoisotopic (exact) mass is 309 g/mol. The number of aromatic nitrogens is 4. The summed E-state index contributed by atoms with van der Waals surface area (Å²) >= 11 is 0. The normalized spacial score (nSPS) is 28.4. The van der Waals surface area contributed by atoms with Crippen molar-refractivity contribution in [3.8, 4) is 0 Å². The summed E-state index contributed by atoms with van der Waals surface area (Å²) < 4.78 is 6.80. The van der Waals surface area contributed by atoms with Crippen molar-refractivity contribution in [3.63, 3.8) is 0 Å². The van der Waals surface area contributed by atoms with E-state index < -0.39 is 37.1 Å². The number of carbonyl (C=O) groups excluding carboxylic acids is 1. The molecule has 0 radical (unpaired) electrons. The van der Waals surface area contributed by atoms with Crippen molar-refractivity contribution < 1.29 is 24.9 Å².